The molecule has 0 fully saturated rings. The van der Waals surface area contributed by atoms with Crippen molar-refractivity contribution in [2.24, 2.45) is 0 Å². The number of fused-ring (bicyclic) bond motifs is 2. The Balaban J connectivity index is 2.01. The highest BCUT2D eigenvalue weighted by Gasteiger charge is 2.20. The average Bonchev–Trinajstić information content (AvgIpc) is 3.00. The van der Waals surface area contributed by atoms with Gasteiger partial charge in [-0.15, -0.1) is 0 Å². The molecule has 0 saturated heterocycles. The quantitative estimate of drug-likeness (QED) is 0.446. The topological polar surface area (TPSA) is 98.3 Å². The number of nitrogens with zero attached hydrogens (tertiary/aromatic N) is 3. The van der Waals surface area contributed by atoms with Gasteiger partial charge in [-0.05, 0) is 24.3 Å². The van der Waals surface area contributed by atoms with Gasteiger partial charge in [-0.2, -0.15) is 5.10 Å². The summed E-state index contributed by atoms with van der Waals surface area (Å²) in [5.74, 6) is -0.0627. The monoisotopic (exact) mass is 353 g/mol. The fraction of sp³-hybridized carbons (Fsp3) is 0.263. The highest BCUT2D eigenvalue weighted by molar-refractivity contribution is 6.05. The number of rotatable bonds is 6. The standard InChI is InChI=1S/C19H19N3O4/c23-9-7-21(8-10-24)11-14-12-5-6-16(25)17-18(12)22(20-14)15-4-2-1-3-13(15)19(17)26/h1-6,23-25H,7-11H2. The lowest BCUT2D eigenvalue weighted by molar-refractivity contribution is 0.155. The van der Waals surface area contributed by atoms with Crippen molar-refractivity contribution in [2.75, 3.05) is 26.3 Å². The van der Waals surface area contributed by atoms with Crippen LogP contribution in [0.1, 0.15) is 5.69 Å². The predicted molar refractivity (Wildman–Crippen MR) is 98.8 cm³/mol. The van der Waals surface area contributed by atoms with Crippen LogP contribution < -0.4 is 5.43 Å². The van der Waals surface area contributed by atoms with E-state index in [-0.39, 0.29) is 29.8 Å². The first-order valence-electron chi connectivity index (χ1n) is 8.47. The molecule has 4 rings (SSSR count). The molecule has 0 amide bonds. The molecule has 0 radical (unpaired) electrons. The Morgan fingerprint density at radius 1 is 1.00 bits per heavy atom. The minimum absolute atomic E-state index is 0.0218. The second-order valence-electron chi connectivity index (χ2n) is 6.28. The number of aliphatic hydroxyl groups is 2. The maximum atomic E-state index is 12.9. The van der Waals surface area contributed by atoms with Gasteiger partial charge in [-0.1, -0.05) is 12.1 Å². The van der Waals surface area contributed by atoms with Crippen molar-refractivity contribution in [3.63, 3.8) is 0 Å². The number of pyridine rings is 1. The predicted octanol–water partition coefficient (Wildman–Crippen LogP) is 0.931. The van der Waals surface area contributed by atoms with Gasteiger partial charge in [0.2, 0.25) is 5.43 Å². The van der Waals surface area contributed by atoms with Crippen LogP contribution in [-0.4, -0.2) is 56.1 Å². The van der Waals surface area contributed by atoms with Crippen LogP contribution in [0.3, 0.4) is 0 Å². The summed E-state index contributed by atoms with van der Waals surface area (Å²) in [6.45, 7) is 1.20. The zero-order valence-electron chi connectivity index (χ0n) is 14.1. The Bertz CT molecular complexity index is 1130. The summed E-state index contributed by atoms with van der Waals surface area (Å²) in [5.41, 5.74) is 1.79. The molecule has 0 atom stereocenters. The molecule has 0 aliphatic heterocycles. The maximum absolute atomic E-state index is 12.9. The van der Waals surface area contributed by atoms with Gasteiger partial charge in [0.05, 0.1) is 35.3 Å². The average molecular weight is 353 g/mol. The Kier molecular flexibility index (Phi) is 4.20. The molecule has 2 aromatic heterocycles. The second kappa shape index (κ2) is 6.53. The highest BCUT2D eigenvalue weighted by Crippen LogP contribution is 2.31. The van der Waals surface area contributed by atoms with Crippen molar-refractivity contribution in [2.45, 2.75) is 6.54 Å². The van der Waals surface area contributed by atoms with Crippen molar-refractivity contribution in [3.8, 4) is 5.75 Å². The number of para-hydroxylation sites is 1. The van der Waals surface area contributed by atoms with Crippen molar-refractivity contribution in [1.29, 1.82) is 0 Å². The molecule has 26 heavy (non-hydrogen) atoms. The lowest BCUT2D eigenvalue weighted by Gasteiger charge is -2.18. The van der Waals surface area contributed by atoms with E-state index in [1.165, 1.54) is 6.07 Å². The van der Waals surface area contributed by atoms with Crippen LogP contribution in [0.25, 0.3) is 27.2 Å². The van der Waals surface area contributed by atoms with E-state index in [1.807, 2.05) is 17.0 Å². The molecule has 134 valence electrons. The summed E-state index contributed by atoms with van der Waals surface area (Å²) < 4.78 is 1.70. The third-order valence-electron chi connectivity index (χ3n) is 4.71. The largest absolute Gasteiger partial charge is 0.507 e. The van der Waals surface area contributed by atoms with Gasteiger partial charge in [-0.3, -0.25) is 9.69 Å². The third-order valence-corrected chi connectivity index (χ3v) is 4.71. The fourth-order valence-electron chi connectivity index (χ4n) is 3.52. The number of aliphatic hydroxyl groups excluding tert-OH is 2. The summed E-state index contributed by atoms with van der Waals surface area (Å²) in [5, 5.41) is 35.0. The van der Waals surface area contributed by atoms with E-state index >= 15 is 0 Å². The first-order valence-corrected chi connectivity index (χ1v) is 8.47. The second-order valence-corrected chi connectivity index (χ2v) is 6.28. The molecule has 0 aliphatic rings. The normalized spacial score (nSPS) is 12.1. The molecule has 0 saturated carbocycles. The summed E-state index contributed by atoms with van der Waals surface area (Å²) in [6.07, 6.45) is 0. The molecule has 2 heterocycles. The van der Waals surface area contributed by atoms with E-state index in [4.69, 9.17) is 0 Å². The maximum Gasteiger partial charge on any atom is 0.201 e. The number of phenols is 1. The number of aromatic hydroxyl groups is 1. The summed E-state index contributed by atoms with van der Waals surface area (Å²) in [6, 6.07) is 10.5. The van der Waals surface area contributed by atoms with E-state index in [0.717, 1.165) is 11.1 Å². The zero-order valence-corrected chi connectivity index (χ0v) is 14.1. The number of hydrogen-bond acceptors (Lipinski definition) is 6. The van der Waals surface area contributed by atoms with Crippen LogP contribution in [0.5, 0.6) is 5.75 Å². The van der Waals surface area contributed by atoms with E-state index < -0.39 is 0 Å². The van der Waals surface area contributed by atoms with Gasteiger partial charge in [0.15, 0.2) is 0 Å². The minimum Gasteiger partial charge on any atom is -0.507 e. The first-order chi connectivity index (χ1) is 12.7. The molecule has 0 unspecified atom stereocenters. The molecule has 7 nitrogen and oxygen atoms in total. The molecule has 0 spiro atoms. The van der Waals surface area contributed by atoms with E-state index in [1.54, 1.807) is 22.7 Å². The lowest BCUT2D eigenvalue weighted by atomic mass is 10.1. The smallest absolute Gasteiger partial charge is 0.201 e. The SMILES string of the molecule is O=c1c2ccccc2n2nc(CN(CCO)CCO)c3ccc(O)c1c32. The zero-order chi connectivity index (χ0) is 18.3. The van der Waals surface area contributed by atoms with Gasteiger partial charge in [0, 0.05) is 30.4 Å². The van der Waals surface area contributed by atoms with Crippen LogP contribution in [0.15, 0.2) is 41.2 Å². The number of hydrogen-bond donors (Lipinski definition) is 3. The van der Waals surface area contributed by atoms with Gasteiger partial charge in [0.1, 0.15) is 5.75 Å². The highest BCUT2D eigenvalue weighted by atomic mass is 16.3. The summed E-state index contributed by atoms with van der Waals surface area (Å²) in [7, 11) is 0. The van der Waals surface area contributed by atoms with Crippen LogP contribution in [0.2, 0.25) is 0 Å². The van der Waals surface area contributed by atoms with Crippen LogP contribution >= 0.6 is 0 Å². The third kappa shape index (κ3) is 2.48. The van der Waals surface area contributed by atoms with Crippen molar-refractivity contribution < 1.29 is 15.3 Å². The molecular weight excluding hydrogens is 334 g/mol. The Labute approximate surface area is 148 Å². The lowest BCUT2D eigenvalue weighted by Crippen LogP contribution is -2.29. The molecular formula is C19H19N3O4. The van der Waals surface area contributed by atoms with Crippen LogP contribution in [-0.2, 0) is 6.54 Å². The van der Waals surface area contributed by atoms with Crippen molar-refractivity contribution in [3.05, 3.63) is 52.3 Å². The summed E-state index contributed by atoms with van der Waals surface area (Å²) >= 11 is 0. The number of phenolic OH excluding ortho intramolecular Hbond substituents is 1. The van der Waals surface area contributed by atoms with Gasteiger partial charge in [0.25, 0.3) is 0 Å². The molecule has 2 aromatic carbocycles. The molecule has 0 bridgehead atoms. The van der Waals surface area contributed by atoms with E-state index in [9.17, 15) is 20.1 Å². The molecule has 3 N–H and O–H groups in total. The Morgan fingerprint density at radius 2 is 1.73 bits per heavy atom. The fourth-order valence-corrected chi connectivity index (χ4v) is 3.52. The van der Waals surface area contributed by atoms with E-state index in [2.05, 4.69) is 5.10 Å². The Hall–Kier alpha value is -2.74. The van der Waals surface area contributed by atoms with Crippen LogP contribution in [0.4, 0.5) is 0 Å². The van der Waals surface area contributed by atoms with Crippen molar-refractivity contribution in [1.82, 2.24) is 14.5 Å². The molecule has 7 heteroatoms. The number of aromatic nitrogens is 2. The minimum atomic E-state index is -0.217. The Morgan fingerprint density at radius 3 is 2.46 bits per heavy atom. The summed E-state index contributed by atoms with van der Waals surface area (Å²) in [4.78, 5) is 14.8. The van der Waals surface area contributed by atoms with Gasteiger partial charge in [-0.25, -0.2) is 4.52 Å². The van der Waals surface area contributed by atoms with Crippen LogP contribution in [0, 0.1) is 0 Å². The van der Waals surface area contributed by atoms with E-state index in [0.29, 0.717) is 36.1 Å². The molecule has 4 aromatic rings. The van der Waals surface area contributed by atoms with Crippen molar-refractivity contribution >= 4 is 27.2 Å². The van der Waals surface area contributed by atoms with Gasteiger partial charge >= 0.3 is 0 Å². The molecule has 0 aliphatic carbocycles. The van der Waals surface area contributed by atoms with Gasteiger partial charge < -0.3 is 15.3 Å². The number of benzene rings is 2. The first kappa shape index (κ1) is 16.7.